The summed E-state index contributed by atoms with van der Waals surface area (Å²) in [5.41, 5.74) is 3.70. The van der Waals surface area contributed by atoms with Crippen molar-refractivity contribution in [3.8, 4) is 11.1 Å². The van der Waals surface area contributed by atoms with Crippen LogP contribution in [0, 0.1) is 0 Å². The number of aliphatic hydroxyl groups is 1. The molecule has 0 bridgehead atoms. The van der Waals surface area contributed by atoms with Crippen molar-refractivity contribution in [1.29, 1.82) is 0 Å². The van der Waals surface area contributed by atoms with Gasteiger partial charge in [0, 0.05) is 25.3 Å². The van der Waals surface area contributed by atoms with Gasteiger partial charge in [0.25, 0.3) is 5.91 Å². The molecule has 132 valence electrons. The molecule has 0 radical (unpaired) electrons. The van der Waals surface area contributed by atoms with E-state index in [1.54, 1.807) is 17.0 Å². The minimum absolute atomic E-state index is 0.0387. The summed E-state index contributed by atoms with van der Waals surface area (Å²) in [5.74, 6) is -0.0478. The average Bonchev–Trinajstić information content (AvgIpc) is 2.62. The highest BCUT2D eigenvalue weighted by atomic mass is 32.2. The van der Waals surface area contributed by atoms with Gasteiger partial charge in [0.15, 0.2) is 9.84 Å². The molecule has 5 nitrogen and oxygen atoms in total. The van der Waals surface area contributed by atoms with Crippen LogP contribution in [0.1, 0.15) is 15.9 Å². The number of sulfone groups is 1. The van der Waals surface area contributed by atoms with Gasteiger partial charge in [-0.3, -0.25) is 4.79 Å². The van der Waals surface area contributed by atoms with Crippen molar-refractivity contribution >= 4 is 15.7 Å². The third-order valence-electron chi connectivity index (χ3n) is 4.45. The zero-order valence-electron chi connectivity index (χ0n) is 13.9. The predicted octanol–water partition coefficient (Wildman–Crippen LogP) is 1.76. The van der Waals surface area contributed by atoms with Crippen molar-refractivity contribution < 1.29 is 18.3 Å². The summed E-state index contributed by atoms with van der Waals surface area (Å²) in [6.45, 7) is 0.651. The van der Waals surface area contributed by atoms with E-state index < -0.39 is 9.84 Å². The minimum atomic E-state index is -2.99. The van der Waals surface area contributed by atoms with Crippen LogP contribution >= 0.6 is 0 Å². The molecule has 2 aromatic rings. The van der Waals surface area contributed by atoms with Crippen molar-refractivity contribution in [3.05, 3.63) is 59.7 Å². The third kappa shape index (κ3) is 4.27. The molecule has 1 aliphatic heterocycles. The summed E-state index contributed by atoms with van der Waals surface area (Å²) in [7, 11) is -2.99. The fourth-order valence-corrected chi connectivity index (χ4v) is 4.10. The maximum absolute atomic E-state index is 12.5. The predicted molar refractivity (Wildman–Crippen MR) is 97.2 cm³/mol. The number of carbonyl (C=O) groups is 1. The van der Waals surface area contributed by atoms with Gasteiger partial charge in [-0.05, 0) is 35.2 Å². The first kappa shape index (κ1) is 17.6. The van der Waals surface area contributed by atoms with Gasteiger partial charge < -0.3 is 10.0 Å². The highest BCUT2D eigenvalue weighted by Crippen LogP contribution is 2.21. The molecule has 2 aromatic carbocycles. The molecule has 0 atom stereocenters. The highest BCUT2D eigenvalue weighted by molar-refractivity contribution is 7.91. The Morgan fingerprint density at radius 3 is 1.96 bits per heavy atom. The van der Waals surface area contributed by atoms with E-state index in [0.717, 1.165) is 16.7 Å². The van der Waals surface area contributed by atoms with Crippen molar-refractivity contribution in [2.24, 2.45) is 0 Å². The Labute approximate surface area is 147 Å². The van der Waals surface area contributed by atoms with Crippen LogP contribution in [0.5, 0.6) is 0 Å². The maximum Gasteiger partial charge on any atom is 0.253 e. The Hall–Kier alpha value is -2.18. The van der Waals surface area contributed by atoms with Gasteiger partial charge in [-0.2, -0.15) is 0 Å². The molecule has 1 N–H and O–H groups in total. The monoisotopic (exact) mass is 359 g/mol. The highest BCUT2D eigenvalue weighted by Gasteiger charge is 2.25. The van der Waals surface area contributed by atoms with Crippen molar-refractivity contribution in [1.82, 2.24) is 4.90 Å². The first-order chi connectivity index (χ1) is 12.0. The number of rotatable bonds is 4. The molecular formula is C19H21NO4S. The smallest absolute Gasteiger partial charge is 0.253 e. The SMILES string of the molecule is O=C(c1ccc(-c2ccc(CCO)cc2)cc1)N1CCS(=O)(=O)CC1. The van der Waals surface area contributed by atoms with E-state index in [0.29, 0.717) is 12.0 Å². The van der Waals surface area contributed by atoms with Gasteiger partial charge in [0.05, 0.1) is 11.5 Å². The van der Waals surface area contributed by atoms with E-state index in [2.05, 4.69) is 0 Å². The van der Waals surface area contributed by atoms with Crippen molar-refractivity contribution in [2.75, 3.05) is 31.2 Å². The zero-order chi connectivity index (χ0) is 17.9. The van der Waals surface area contributed by atoms with Gasteiger partial charge in [0.1, 0.15) is 0 Å². The minimum Gasteiger partial charge on any atom is -0.396 e. The summed E-state index contributed by atoms with van der Waals surface area (Å²) < 4.78 is 22.9. The number of aliphatic hydroxyl groups excluding tert-OH is 1. The lowest BCUT2D eigenvalue weighted by Gasteiger charge is -2.26. The normalized spacial score (nSPS) is 16.6. The Kier molecular flexibility index (Phi) is 5.20. The van der Waals surface area contributed by atoms with Crippen LogP contribution in [0.25, 0.3) is 11.1 Å². The number of hydrogen-bond acceptors (Lipinski definition) is 4. The second-order valence-electron chi connectivity index (χ2n) is 6.19. The topological polar surface area (TPSA) is 74.7 Å². The van der Waals surface area contributed by atoms with E-state index in [9.17, 15) is 13.2 Å². The van der Waals surface area contributed by atoms with E-state index in [1.165, 1.54) is 0 Å². The molecule has 6 heteroatoms. The molecule has 0 unspecified atom stereocenters. The largest absolute Gasteiger partial charge is 0.396 e. The van der Waals surface area contributed by atoms with E-state index in [4.69, 9.17) is 5.11 Å². The second-order valence-corrected chi connectivity index (χ2v) is 8.50. The molecule has 1 aliphatic rings. The molecule has 1 heterocycles. The van der Waals surface area contributed by atoms with Crippen LogP contribution < -0.4 is 0 Å². The Bertz CT molecular complexity index is 828. The molecule has 1 amide bonds. The summed E-state index contributed by atoms with van der Waals surface area (Å²) >= 11 is 0. The number of benzene rings is 2. The fourth-order valence-electron chi connectivity index (χ4n) is 2.90. The molecule has 0 spiro atoms. The maximum atomic E-state index is 12.5. The van der Waals surface area contributed by atoms with Crippen molar-refractivity contribution in [3.63, 3.8) is 0 Å². The van der Waals surface area contributed by atoms with Crippen LogP contribution in [-0.2, 0) is 16.3 Å². The Morgan fingerprint density at radius 1 is 0.920 bits per heavy atom. The quantitative estimate of drug-likeness (QED) is 0.903. The number of carbonyl (C=O) groups excluding carboxylic acids is 1. The van der Waals surface area contributed by atoms with Crippen LogP contribution in [0.2, 0.25) is 0 Å². The lowest BCUT2D eigenvalue weighted by Crippen LogP contribution is -2.43. The molecule has 0 aromatic heterocycles. The van der Waals surface area contributed by atoms with Crippen LogP contribution in [0.4, 0.5) is 0 Å². The van der Waals surface area contributed by atoms with Crippen molar-refractivity contribution in [2.45, 2.75) is 6.42 Å². The molecule has 1 fully saturated rings. The molecule has 25 heavy (non-hydrogen) atoms. The lowest BCUT2D eigenvalue weighted by molar-refractivity contribution is 0.0770. The van der Waals surface area contributed by atoms with Gasteiger partial charge in [-0.25, -0.2) is 8.42 Å². The van der Waals surface area contributed by atoms with Gasteiger partial charge in [-0.1, -0.05) is 36.4 Å². The lowest BCUT2D eigenvalue weighted by atomic mass is 10.0. The fraction of sp³-hybridized carbons (Fsp3) is 0.316. The number of hydrogen-bond donors (Lipinski definition) is 1. The second kappa shape index (κ2) is 7.37. The third-order valence-corrected chi connectivity index (χ3v) is 6.06. The van der Waals surface area contributed by atoms with Crippen LogP contribution in [0.15, 0.2) is 48.5 Å². The molecule has 3 rings (SSSR count). The molecule has 0 saturated carbocycles. The van der Waals surface area contributed by atoms with E-state index in [-0.39, 0.29) is 37.1 Å². The summed E-state index contributed by atoms with van der Waals surface area (Å²) in [5, 5.41) is 8.96. The molecular weight excluding hydrogens is 338 g/mol. The summed E-state index contributed by atoms with van der Waals surface area (Å²) in [4.78, 5) is 14.1. The van der Waals surface area contributed by atoms with Gasteiger partial charge >= 0.3 is 0 Å². The average molecular weight is 359 g/mol. The Balaban J connectivity index is 1.70. The first-order valence-electron chi connectivity index (χ1n) is 8.28. The molecule has 0 aliphatic carbocycles. The summed E-state index contributed by atoms with van der Waals surface area (Å²) in [6.07, 6.45) is 0.638. The van der Waals surface area contributed by atoms with E-state index >= 15 is 0 Å². The van der Waals surface area contributed by atoms with E-state index in [1.807, 2.05) is 36.4 Å². The van der Waals surface area contributed by atoms with Crippen LogP contribution in [0.3, 0.4) is 0 Å². The van der Waals surface area contributed by atoms with Gasteiger partial charge in [0.2, 0.25) is 0 Å². The standard InChI is InChI=1S/C19H21NO4S/c21-12-9-15-1-3-16(4-2-15)17-5-7-18(8-6-17)19(22)20-10-13-25(23,24)14-11-20/h1-8,21H,9-14H2. The van der Waals surface area contributed by atoms with Crippen LogP contribution in [-0.4, -0.2) is 55.5 Å². The number of nitrogens with zero attached hydrogens (tertiary/aromatic N) is 1. The zero-order valence-corrected chi connectivity index (χ0v) is 14.7. The summed E-state index contributed by atoms with van der Waals surface area (Å²) in [6, 6.07) is 15.3. The molecule has 1 saturated heterocycles. The number of amides is 1. The van der Waals surface area contributed by atoms with Gasteiger partial charge in [-0.15, -0.1) is 0 Å². The Morgan fingerprint density at radius 2 is 1.44 bits per heavy atom. The first-order valence-corrected chi connectivity index (χ1v) is 10.1.